The van der Waals surface area contributed by atoms with Crippen molar-refractivity contribution in [1.29, 1.82) is 0 Å². The number of nitrogens with one attached hydrogen (secondary N) is 2. The van der Waals surface area contributed by atoms with Gasteiger partial charge in [0.05, 0.1) is 0 Å². The summed E-state index contributed by atoms with van der Waals surface area (Å²) < 4.78 is 6.49. The van der Waals surface area contributed by atoms with Crippen LogP contribution in [-0.4, -0.2) is 29.8 Å². The average molecular weight is 381 g/mol. The zero-order chi connectivity index (χ0) is 16.6. The van der Waals surface area contributed by atoms with Gasteiger partial charge in [0.2, 0.25) is 0 Å². The van der Waals surface area contributed by atoms with Gasteiger partial charge < -0.3 is 15.4 Å². The molecule has 2 saturated carbocycles. The van der Waals surface area contributed by atoms with E-state index in [-0.39, 0.29) is 12.1 Å². The number of hydrogen-bond donors (Lipinski definition) is 2. The van der Waals surface area contributed by atoms with Gasteiger partial charge in [0.1, 0.15) is 5.60 Å². The van der Waals surface area contributed by atoms with E-state index in [1.54, 1.807) is 0 Å². The Hall–Kier alpha value is -1.07. The molecule has 0 heterocycles. The van der Waals surface area contributed by atoms with Gasteiger partial charge in [-0.1, -0.05) is 34.1 Å². The van der Waals surface area contributed by atoms with E-state index in [4.69, 9.17) is 4.74 Å². The number of halogens is 1. The molecule has 0 spiro atoms. The van der Waals surface area contributed by atoms with Crippen molar-refractivity contribution in [3.05, 3.63) is 34.3 Å². The smallest absolute Gasteiger partial charge is 0.407 e. The van der Waals surface area contributed by atoms with Crippen LogP contribution in [0.25, 0.3) is 0 Å². The van der Waals surface area contributed by atoms with Gasteiger partial charge in [-0.25, -0.2) is 4.79 Å². The van der Waals surface area contributed by atoms with Crippen molar-refractivity contribution in [3.8, 4) is 0 Å². The second-order valence-corrected chi connectivity index (χ2v) is 8.50. The number of hydrogen-bond acceptors (Lipinski definition) is 3. The van der Waals surface area contributed by atoms with Crippen LogP contribution < -0.4 is 10.6 Å². The summed E-state index contributed by atoms with van der Waals surface area (Å²) in [6.07, 6.45) is 3.01. The van der Waals surface area contributed by atoms with E-state index in [1.807, 2.05) is 20.8 Å². The molecule has 1 aromatic carbocycles. The summed E-state index contributed by atoms with van der Waals surface area (Å²) in [5.74, 6) is 0.638. The number of carbonyl (C=O) groups is 1. The third kappa shape index (κ3) is 4.48. The maximum absolute atomic E-state index is 11.7. The Balaban J connectivity index is 1.37. The van der Waals surface area contributed by atoms with Gasteiger partial charge in [-0.3, -0.25) is 0 Å². The molecular weight excluding hydrogens is 356 g/mol. The minimum absolute atomic E-state index is 0.215. The molecule has 2 aliphatic carbocycles. The number of carbonyl (C=O) groups excluding carboxylic acids is 1. The van der Waals surface area contributed by atoms with Crippen LogP contribution in [0.3, 0.4) is 0 Å². The molecule has 5 heteroatoms. The Bertz CT molecular complexity index is 579. The van der Waals surface area contributed by atoms with E-state index in [0.717, 1.165) is 19.3 Å². The summed E-state index contributed by atoms with van der Waals surface area (Å²) in [6, 6.07) is 9.64. The number of benzene rings is 1. The van der Waals surface area contributed by atoms with Crippen molar-refractivity contribution in [2.45, 2.75) is 69.7 Å². The first kappa shape index (κ1) is 16.8. The molecule has 0 aromatic heterocycles. The summed E-state index contributed by atoms with van der Waals surface area (Å²) in [4.78, 5) is 11.7. The van der Waals surface area contributed by atoms with Gasteiger partial charge in [-0.2, -0.15) is 0 Å². The van der Waals surface area contributed by atoms with Gasteiger partial charge in [0.25, 0.3) is 0 Å². The SMILES string of the molecule is CC(C)(C)OC(=O)NC1CC1NC1CC(c2ccccc2Br)C1. The lowest BCUT2D eigenvalue weighted by Crippen LogP contribution is -2.44. The van der Waals surface area contributed by atoms with Gasteiger partial charge in [0.15, 0.2) is 0 Å². The van der Waals surface area contributed by atoms with E-state index in [1.165, 1.54) is 10.0 Å². The topological polar surface area (TPSA) is 50.4 Å². The lowest BCUT2D eigenvalue weighted by Gasteiger charge is -2.37. The lowest BCUT2D eigenvalue weighted by atomic mass is 9.76. The third-order valence-corrected chi connectivity index (χ3v) is 5.15. The highest BCUT2D eigenvalue weighted by molar-refractivity contribution is 9.10. The largest absolute Gasteiger partial charge is 0.444 e. The molecule has 2 atom stereocenters. The lowest BCUT2D eigenvalue weighted by molar-refractivity contribution is 0.0521. The van der Waals surface area contributed by atoms with Crippen LogP contribution in [-0.2, 0) is 4.74 Å². The first-order valence-electron chi connectivity index (χ1n) is 8.32. The fourth-order valence-corrected chi connectivity index (χ4v) is 3.72. The molecule has 2 unspecified atom stereocenters. The molecule has 1 amide bonds. The molecule has 4 nitrogen and oxygen atoms in total. The third-order valence-electron chi connectivity index (χ3n) is 4.43. The first-order chi connectivity index (χ1) is 10.8. The number of rotatable bonds is 4. The Morgan fingerprint density at radius 2 is 1.87 bits per heavy atom. The molecule has 0 saturated heterocycles. The summed E-state index contributed by atoms with van der Waals surface area (Å²) in [5.41, 5.74) is 0.969. The van der Waals surface area contributed by atoms with E-state index in [9.17, 15) is 4.79 Å². The van der Waals surface area contributed by atoms with Crippen LogP contribution >= 0.6 is 15.9 Å². The highest BCUT2D eigenvalue weighted by atomic mass is 79.9. The number of alkyl carbamates (subject to hydrolysis) is 1. The standard InChI is InChI=1S/C18H25BrN2O2/c1-18(2,3)23-17(22)21-16-10-15(16)20-12-8-11(9-12)13-6-4-5-7-14(13)19/h4-7,11-12,15-16,20H,8-10H2,1-3H3,(H,21,22). The van der Waals surface area contributed by atoms with Crippen LogP contribution in [0, 0.1) is 0 Å². The van der Waals surface area contributed by atoms with Crippen molar-refractivity contribution in [3.63, 3.8) is 0 Å². The maximum Gasteiger partial charge on any atom is 0.407 e. The molecule has 2 fully saturated rings. The zero-order valence-electron chi connectivity index (χ0n) is 13.9. The van der Waals surface area contributed by atoms with E-state index in [2.05, 4.69) is 50.8 Å². The number of ether oxygens (including phenoxy) is 1. The van der Waals surface area contributed by atoms with E-state index in [0.29, 0.717) is 18.0 Å². The minimum atomic E-state index is -0.438. The highest BCUT2D eigenvalue weighted by Crippen LogP contribution is 2.41. The molecule has 1 aromatic rings. The van der Waals surface area contributed by atoms with Gasteiger partial charge in [-0.15, -0.1) is 0 Å². The molecule has 0 aliphatic heterocycles. The van der Waals surface area contributed by atoms with E-state index < -0.39 is 5.60 Å². The summed E-state index contributed by atoms with van der Waals surface area (Å²) in [6.45, 7) is 5.64. The monoisotopic (exact) mass is 380 g/mol. The summed E-state index contributed by atoms with van der Waals surface area (Å²) in [7, 11) is 0. The average Bonchev–Trinajstić information content (AvgIpc) is 3.10. The van der Waals surface area contributed by atoms with Crippen LogP contribution in [0.5, 0.6) is 0 Å². The fourth-order valence-electron chi connectivity index (χ4n) is 3.11. The number of amides is 1. The van der Waals surface area contributed by atoms with Crippen molar-refractivity contribution >= 4 is 22.0 Å². The van der Waals surface area contributed by atoms with Crippen molar-refractivity contribution < 1.29 is 9.53 Å². The molecule has 0 radical (unpaired) electrons. The summed E-state index contributed by atoms with van der Waals surface area (Å²) in [5, 5.41) is 6.58. The maximum atomic E-state index is 11.7. The van der Waals surface area contributed by atoms with Crippen LogP contribution in [0.2, 0.25) is 0 Å². The molecule has 23 heavy (non-hydrogen) atoms. The first-order valence-corrected chi connectivity index (χ1v) is 9.11. The molecule has 2 aliphatic rings. The molecular formula is C18H25BrN2O2. The molecule has 2 N–H and O–H groups in total. The Kier molecular flexibility index (Phi) is 4.70. The van der Waals surface area contributed by atoms with Gasteiger partial charge in [-0.05, 0) is 57.6 Å². The fraction of sp³-hybridized carbons (Fsp3) is 0.611. The zero-order valence-corrected chi connectivity index (χ0v) is 15.5. The second-order valence-electron chi connectivity index (χ2n) is 7.65. The Morgan fingerprint density at radius 3 is 2.52 bits per heavy atom. The predicted molar refractivity (Wildman–Crippen MR) is 94.6 cm³/mol. The van der Waals surface area contributed by atoms with Crippen molar-refractivity contribution in [1.82, 2.24) is 10.6 Å². The quantitative estimate of drug-likeness (QED) is 0.831. The molecule has 3 rings (SSSR count). The normalized spacial score (nSPS) is 29.6. The van der Waals surface area contributed by atoms with Gasteiger partial charge >= 0.3 is 6.09 Å². The minimum Gasteiger partial charge on any atom is -0.444 e. The highest BCUT2D eigenvalue weighted by Gasteiger charge is 2.43. The van der Waals surface area contributed by atoms with E-state index >= 15 is 0 Å². The predicted octanol–water partition coefficient (Wildman–Crippen LogP) is 3.95. The van der Waals surface area contributed by atoms with Crippen LogP contribution in [0.4, 0.5) is 4.79 Å². The van der Waals surface area contributed by atoms with Crippen molar-refractivity contribution in [2.24, 2.45) is 0 Å². The Labute approximate surface area is 146 Å². The van der Waals surface area contributed by atoms with Crippen LogP contribution in [0.15, 0.2) is 28.7 Å². The van der Waals surface area contributed by atoms with Gasteiger partial charge in [0, 0.05) is 22.6 Å². The molecule has 126 valence electrons. The molecule has 0 bridgehead atoms. The Morgan fingerprint density at radius 1 is 1.17 bits per heavy atom. The second kappa shape index (κ2) is 6.44. The summed E-state index contributed by atoms with van der Waals surface area (Å²) >= 11 is 3.63. The van der Waals surface area contributed by atoms with Crippen molar-refractivity contribution in [2.75, 3.05) is 0 Å². The van der Waals surface area contributed by atoms with Crippen LogP contribution in [0.1, 0.15) is 51.5 Å².